The van der Waals surface area contributed by atoms with Crippen LogP contribution in [0, 0.1) is 11.3 Å². The third kappa shape index (κ3) is 10.7. The zero-order valence-electron chi connectivity index (χ0n) is 28.8. The minimum Gasteiger partial charge on any atom is -0.483 e. The van der Waals surface area contributed by atoms with E-state index >= 15 is 0 Å². The minimum atomic E-state index is -1.21. The number of aldehydes is 1. The standard InChI is InChI=1S/C35H43N5O5S2.CH4O/c1-5-14-39(15-6-2)34(44)38-26-11-7-9-24(19-26)23-46-40-16-13-28(21-35(40,3)4)37-27-12-8-10-25(20-27)31-29(22-36)30(45-18-17-41)32(47-31)33(42)43;1-2/h7-12,17,19-20,28,37H,5-6,13-16,18,21,23H2,1-4H3,(H,38,44)(H,42,43);2H,1H3. The molecule has 2 amide bonds. The highest BCUT2D eigenvalue weighted by Gasteiger charge is 2.35. The Hall–Kier alpha value is -4.09. The number of piperidine rings is 1. The molecule has 0 bridgehead atoms. The molecule has 1 atom stereocenters. The molecule has 1 unspecified atom stereocenters. The molecule has 0 radical (unpaired) electrons. The smallest absolute Gasteiger partial charge is 0.349 e. The molecule has 1 fully saturated rings. The fourth-order valence-corrected chi connectivity index (χ4v) is 7.97. The van der Waals surface area contributed by atoms with Gasteiger partial charge < -0.3 is 30.5 Å². The number of aromatic carboxylic acids is 1. The molecule has 0 spiro atoms. The lowest BCUT2D eigenvalue weighted by Gasteiger charge is -2.45. The quantitative estimate of drug-likeness (QED) is 0.0931. The zero-order chi connectivity index (χ0) is 36.0. The number of urea groups is 1. The van der Waals surface area contributed by atoms with E-state index in [1.807, 2.05) is 41.3 Å². The summed E-state index contributed by atoms with van der Waals surface area (Å²) in [6.45, 7) is 10.7. The fourth-order valence-electron chi connectivity index (χ4n) is 5.80. The van der Waals surface area contributed by atoms with Gasteiger partial charge in [0.05, 0.1) is 4.88 Å². The van der Waals surface area contributed by atoms with Crippen LogP contribution in [-0.4, -0.2) is 82.6 Å². The summed E-state index contributed by atoms with van der Waals surface area (Å²) in [7, 11) is 1.00. The second-order valence-corrected chi connectivity index (χ2v) is 14.1. The maximum Gasteiger partial charge on any atom is 0.349 e. The van der Waals surface area contributed by atoms with Gasteiger partial charge in [0.1, 0.15) is 18.2 Å². The van der Waals surface area contributed by atoms with Gasteiger partial charge >= 0.3 is 12.0 Å². The summed E-state index contributed by atoms with van der Waals surface area (Å²) in [6.07, 6.45) is 4.20. The third-order valence-corrected chi connectivity index (χ3v) is 10.6. The van der Waals surface area contributed by atoms with E-state index in [0.29, 0.717) is 16.7 Å². The molecule has 1 aliphatic heterocycles. The van der Waals surface area contributed by atoms with E-state index in [0.717, 1.165) is 86.5 Å². The molecule has 13 heteroatoms. The highest BCUT2D eigenvalue weighted by Crippen LogP contribution is 2.42. The average Bonchev–Trinajstić information content (AvgIpc) is 3.46. The number of anilines is 2. The first-order valence-corrected chi connectivity index (χ1v) is 18.1. The SMILES string of the molecule is CCCN(CCC)C(=O)Nc1cccc(CSN2CCC(Nc3cccc(-c4sc(C(=O)O)c(OCC=O)c4C#N)c3)CC2(C)C)c1.CO. The van der Waals surface area contributed by atoms with Gasteiger partial charge in [0.2, 0.25) is 0 Å². The van der Waals surface area contributed by atoms with Crippen molar-refractivity contribution in [3.8, 4) is 22.3 Å². The van der Waals surface area contributed by atoms with E-state index in [-0.39, 0.29) is 40.4 Å². The van der Waals surface area contributed by atoms with Crippen molar-refractivity contribution >= 4 is 52.9 Å². The monoisotopic (exact) mass is 709 g/mol. The van der Waals surface area contributed by atoms with Gasteiger partial charge in [-0.25, -0.2) is 13.9 Å². The molecule has 2 heterocycles. The van der Waals surface area contributed by atoms with Crippen molar-refractivity contribution in [2.45, 2.75) is 70.7 Å². The number of hydrogen-bond donors (Lipinski definition) is 4. The largest absolute Gasteiger partial charge is 0.483 e. The van der Waals surface area contributed by atoms with Crippen molar-refractivity contribution in [1.29, 1.82) is 5.26 Å². The van der Waals surface area contributed by atoms with Crippen molar-refractivity contribution in [2.24, 2.45) is 0 Å². The number of carboxylic acid groups (broad SMARTS) is 1. The van der Waals surface area contributed by atoms with Gasteiger partial charge in [-0.3, -0.25) is 4.79 Å². The molecule has 4 N–H and O–H groups in total. The summed E-state index contributed by atoms with van der Waals surface area (Å²) >= 11 is 2.77. The molecule has 1 aromatic heterocycles. The van der Waals surface area contributed by atoms with Crippen molar-refractivity contribution in [3.63, 3.8) is 0 Å². The number of aliphatic hydroxyl groups excluding tert-OH is 1. The number of nitrogens with one attached hydrogen (secondary N) is 2. The number of amides is 2. The first-order chi connectivity index (χ1) is 23.6. The second kappa shape index (κ2) is 19.2. The normalized spacial score (nSPS) is 15.2. The van der Waals surface area contributed by atoms with Gasteiger partial charge in [-0.1, -0.05) is 50.1 Å². The van der Waals surface area contributed by atoms with E-state index < -0.39 is 5.97 Å². The highest BCUT2D eigenvalue weighted by atomic mass is 32.2. The average molecular weight is 710 g/mol. The number of carbonyl (C=O) groups excluding carboxylic acids is 2. The lowest BCUT2D eigenvalue weighted by molar-refractivity contribution is -0.109. The molecular formula is C36H47N5O6S2. The minimum absolute atomic E-state index is 0.0565. The van der Waals surface area contributed by atoms with Crippen LogP contribution < -0.4 is 15.4 Å². The molecule has 264 valence electrons. The van der Waals surface area contributed by atoms with Crippen LogP contribution >= 0.6 is 23.3 Å². The zero-order valence-corrected chi connectivity index (χ0v) is 30.5. The molecule has 1 saturated heterocycles. The van der Waals surface area contributed by atoms with Crippen LogP contribution in [0.2, 0.25) is 0 Å². The molecule has 0 saturated carbocycles. The maximum absolute atomic E-state index is 12.8. The summed E-state index contributed by atoms with van der Waals surface area (Å²) < 4.78 is 7.79. The van der Waals surface area contributed by atoms with Gasteiger partial charge in [0.15, 0.2) is 16.9 Å². The Morgan fingerprint density at radius 3 is 2.47 bits per heavy atom. The first-order valence-electron chi connectivity index (χ1n) is 16.3. The number of aliphatic hydroxyl groups is 1. The van der Waals surface area contributed by atoms with Crippen LogP contribution in [0.5, 0.6) is 5.75 Å². The first kappa shape index (κ1) is 39.3. The number of nitriles is 1. The van der Waals surface area contributed by atoms with Crippen molar-refractivity contribution in [2.75, 3.05) is 44.0 Å². The Morgan fingerprint density at radius 1 is 1.14 bits per heavy atom. The molecule has 11 nitrogen and oxygen atoms in total. The summed E-state index contributed by atoms with van der Waals surface area (Å²) in [5.41, 5.74) is 3.56. The number of rotatable bonds is 15. The van der Waals surface area contributed by atoms with Crippen LogP contribution in [0.15, 0.2) is 48.5 Å². The van der Waals surface area contributed by atoms with E-state index in [1.165, 1.54) is 0 Å². The lowest BCUT2D eigenvalue weighted by atomic mass is 9.89. The van der Waals surface area contributed by atoms with Gasteiger partial charge in [-0.15, -0.1) is 11.3 Å². The summed E-state index contributed by atoms with van der Waals surface area (Å²) in [6, 6.07) is 17.9. The van der Waals surface area contributed by atoms with E-state index in [1.54, 1.807) is 11.9 Å². The molecule has 1 aliphatic rings. The number of ether oxygens (including phenoxy) is 1. The van der Waals surface area contributed by atoms with Crippen LogP contribution in [-0.2, 0) is 10.5 Å². The predicted molar refractivity (Wildman–Crippen MR) is 197 cm³/mol. The highest BCUT2D eigenvalue weighted by molar-refractivity contribution is 7.96. The molecule has 2 aromatic carbocycles. The summed E-state index contributed by atoms with van der Waals surface area (Å²) in [5.74, 6) is -0.487. The molecule has 4 rings (SSSR count). The Kier molecular flexibility index (Phi) is 15.4. The van der Waals surface area contributed by atoms with E-state index in [9.17, 15) is 24.8 Å². The van der Waals surface area contributed by atoms with Crippen LogP contribution in [0.1, 0.15) is 74.2 Å². The second-order valence-electron chi connectivity index (χ2n) is 12.1. The lowest BCUT2D eigenvalue weighted by Crippen LogP contribution is -2.49. The van der Waals surface area contributed by atoms with E-state index in [4.69, 9.17) is 9.84 Å². The number of carboxylic acids is 1. The summed E-state index contributed by atoms with van der Waals surface area (Å²) in [5, 5.41) is 33.3. The molecule has 49 heavy (non-hydrogen) atoms. The number of benzene rings is 2. The summed E-state index contributed by atoms with van der Waals surface area (Å²) in [4.78, 5) is 37.8. The molecular weight excluding hydrogens is 663 g/mol. The van der Waals surface area contributed by atoms with Gasteiger partial charge in [-0.2, -0.15) is 5.26 Å². The van der Waals surface area contributed by atoms with Gasteiger partial charge in [0, 0.05) is 55.5 Å². The van der Waals surface area contributed by atoms with E-state index in [2.05, 4.69) is 60.8 Å². The Bertz CT molecular complexity index is 1600. The Morgan fingerprint density at radius 2 is 1.84 bits per heavy atom. The van der Waals surface area contributed by atoms with Crippen molar-refractivity contribution in [1.82, 2.24) is 9.21 Å². The number of thiophene rings is 1. The maximum atomic E-state index is 12.8. The Labute approximate surface area is 297 Å². The van der Waals surface area contributed by atoms with Gasteiger partial charge in [0.25, 0.3) is 0 Å². The number of carbonyl (C=O) groups is 3. The van der Waals surface area contributed by atoms with Crippen molar-refractivity contribution < 1.29 is 29.3 Å². The third-order valence-electron chi connectivity index (χ3n) is 7.90. The number of nitrogens with zero attached hydrogens (tertiary/aromatic N) is 3. The fraction of sp³-hybridized carbons (Fsp3) is 0.444. The van der Waals surface area contributed by atoms with Crippen LogP contribution in [0.3, 0.4) is 0 Å². The van der Waals surface area contributed by atoms with Crippen molar-refractivity contribution in [3.05, 3.63) is 64.5 Å². The Balaban J connectivity index is 0.00000319. The number of hydrogen-bond acceptors (Lipinski definition) is 10. The molecule has 3 aromatic rings. The predicted octanol–water partition coefficient (Wildman–Crippen LogP) is 7.33. The van der Waals surface area contributed by atoms with Gasteiger partial charge in [-0.05, 0) is 74.9 Å². The molecule has 0 aliphatic carbocycles. The van der Waals surface area contributed by atoms with Crippen LogP contribution in [0.4, 0.5) is 16.2 Å². The van der Waals surface area contributed by atoms with Crippen LogP contribution in [0.25, 0.3) is 10.4 Å². The topological polar surface area (TPSA) is 155 Å².